The van der Waals surface area contributed by atoms with Crippen molar-refractivity contribution in [2.45, 2.75) is 19.3 Å². The first-order valence-electron chi connectivity index (χ1n) is 5.99. The number of rotatable bonds is 2. The molecule has 3 nitrogen and oxygen atoms in total. The number of carboxylic acids is 1. The van der Waals surface area contributed by atoms with E-state index in [1.807, 2.05) is 12.1 Å². The summed E-state index contributed by atoms with van der Waals surface area (Å²) in [6, 6.07) is 7.05. The van der Waals surface area contributed by atoms with E-state index in [1.165, 1.54) is 12.0 Å². The second-order valence-electron chi connectivity index (χ2n) is 4.33. The van der Waals surface area contributed by atoms with E-state index < -0.39 is 5.97 Å². The minimum atomic E-state index is -0.872. The zero-order valence-electron chi connectivity index (χ0n) is 9.78. The molecule has 1 aromatic carbocycles. The fourth-order valence-corrected chi connectivity index (χ4v) is 2.04. The van der Waals surface area contributed by atoms with Crippen LogP contribution < -0.4 is 5.32 Å². The Labute approximate surface area is 101 Å². The van der Waals surface area contributed by atoms with Gasteiger partial charge in [0, 0.05) is 0 Å². The summed E-state index contributed by atoms with van der Waals surface area (Å²) < 4.78 is 0. The number of carbonyl (C=O) groups is 1. The lowest BCUT2D eigenvalue weighted by Crippen LogP contribution is -2.13. The van der Waals surface area contributed by atoms with Crippen LogP contribution in [0.15, 0.2) is 29.8 Å². The molecule has 90 valence electrons. The molecule has 1 aliphatic rings. The van der Waals surface area contributed by atoms with Gasteiger partial charge in [-0.15, -0.1) is 0 Å². The van der Waals surface area contributed by atoms with E-state index in [1.54, 1.807) is 12.1 Å². The maximum Gasteiger partial charge on any atom is 0.335 e. The van der Waals surface area contributed by atoms with Gasteiger partial charge in [0.25, 0.3) is 0 Å². The van der Waals surface area contributed by atoms with E-state index in [0.717, 1.165) is 31.5 Å². The van der Waals surface area contributed by atoms with Crippen molar-refractivity contribution < 1.29 is 9.90 Å². The minimum absolute atomic E-state index is 0.342. The zero-order valence-corrected chi connectivity index (χ0v) is 9.78. The van der Waals surface area contributed by atoms with Crippen LogP contribution in [0.5, 0.6) is 0 Å². The van der Waals surface area contributed by atoms with Gasteiger partial charge in [-0.2, -0.15) is 0 Å². The quantitative estimate of drug-likeness (QED) is 0.822. The molecule has 0 unspecified atom stereocenters. The van der Waals surface area contributed by atoms with Gasteiger partial charge >= 0.3 is 5.97 Å². The van der Waals surface area contributed by atoms with Crippen molar-refractivity contribution in [3.63, 3.8) is 0 Å². The van der Waals surface area contributed by atoms with E-state index in [2.05, 4.69) is 11.4 Å². The zero-order chi connectivity index (χ0) is 12.1. The maximum absolute atomic E-state index is 10.7. The first kappa shape index (κ1) is 11.9. The lowest BCUT2D eigenvalue weighted by molar-refractivity contribution is 0.0697. The normalized spacial score (nSPS) is 18.9. The molecule has 0 saturated carbocycles. The number of benzene rings is 1. The van der Waals surface area contributed by atoms with E-state index in [-0.39, 0.29) is 0 Å². The van der Waals surface area contributed by atoms with Gasteiger partial charge in [0.15, 0.2) is 0 Å². The summed E-state index contributed by atoms with van der Waals surface area (Å²) in [5, 5.41) is 12.2. The molecule has 1 heterocycles. The van der Waals surface area contributed by atoms with Gasteiger partial charge in [-0.25, -0.2) is 4.79 Å². The van der Waals surface area contributed by atoms with Crippen molar-refractivity contribution in [3.8, 4) is 0 Å². The first-order valence-corrected chi connectivity index (χ1v) is 5.99. The molecule has 0 radical (unpaired) electrons. The van der Waals surface area contributed by atoms with Crippen LogP contribution in [0.3, 0.4) is 0 Å². The highest BCUT2D eigenvalue weighted by Crippen LogP contribution is 2.17. The number of hydrogen-bond donors (Lipinski definition) is 2. The van der Waals surface area contributed by atoms with Crippen LogP contribution in [0.2, 0.25) is 0 Å². The first-order chi connectivity index (χ1) is 8.25. The van der Waals surface area contributed by atoms with Gasteiger partial charge in [-0.05, 0) is 50.0 Å². The smallest absolute Gasteiger partial charge is 0.335 e. The molecule has 1 saturated heterocycles. The molecule has 2 rings (SSSR count). The van der Waals surface area contributed by atoms with Crippen LogP contribution in [-0.2, 0) is 0 Å². The van der Waals surface area contributed by atoms with Crippen LogP contribution in [-0.4, -0.2) is 24.2 Å². The topological polar surface area (TPSA) is 49.3 Å². The summed E-state index contributed by atoms with van der Waals surface area (Å²) in [6.07, 6.45) is 5.58. The number of aromatic carboxylic acids is 1. The third kappa shape index (κ3) is 3.43. The molecule has 0 amide bonds. The van der Waals surface area contributed by atoms with Crippen LogP contribution in [0.4, 0.5) is 0 Å². The molecule has 1 aromatic rings. The highest BCUT2D eigenvalue weighted by atomic mass is 16.4. The molecule has 1 fully saturated rings. The van der Waals surface area contributed by atoms with Gasteiger partial charge in [0.05, 0.1) is 5.56 Å². The average Bonchev–Trinajstić information content (AvgIpc) is 2.58. The predicted octanol–water partition coefficient (Wildman–Crippen LogP) is 2.54. The Morgan fingerprint density at radius 1 is 1.18 bits per heavy atom. The number of carboxylic acid groups (broad SMARTS) is 1. The standard InChI is InChI=1S/C14H17NO2/c16-14(17)13-5-3-12(4-6-13)10-11-2-1-8-15-9-7-11/h3-6,10,15H,1-2,7-9H2,(H,16,17)/b11-10-. The minimum Gasteiger partial charge on any atom is -0.478 e. The predicted molar refractivity (Wildman–Crippen MR) is 68.1 cm³/mol. The molecule has 0 bridgehead atoms. The SMILES string of the molecule is O=C(O)c1ccc(/C=C2/CCCNCC2)cc1. The van der Waals surface area contributed by atoms with Gasteiger partial charge in [-0.3, -0.25) is 0 Å². The van der Waals surface area contributed by atoms with Crippen molar-refractivity contribution in [2.24, 2.45) is 0 Å². The number of hydrogen-bond acceptors (Lipinski definition) is 2. The lowest BCUT2D eigenvalue weighted by Gasteiger charge is -2.02. The Kier molecular flexibility index (Phi) is 3.94. The fraction of sp³-hybridized carbons (Fsp3) is 0.357. The van der Waals surface area contributed by atoms with Crippen LogP contribution in [0.1, 0.15) is 35.2 Å². The van der Waals surface area contributed by atoms with Crippen molar-refractivity contribution in [1.29, 1.82) is 0 Å². The van der Waals surface area contributed by atoms with E-state index in [0.29, 0.717) is 5.56 Å². The van der Waals surface area contributed by atoms with Gasteiger partial charge in [0.2, 0.25) is 0 Å². The lowest BCUT2D eigenvalue weighted by atomic mass is 10.0. The monoisotopic (exact) mass is 231 g/mol. The van der Waals surface area contributed by atoms with Gasteiger partial charge in [0.1, 0.15) is 0 Å². The Morgan fingerprint density at radius 2 is 1.94 bits per heavy atom. The summed E-state index contributed by atoms with van der Waals surface area (Å²) >= 11 is 0. The van der Waals surface area contributed by atoms with Crippen molar-refractivity contribution >= 4 is 12.0 Å². The van der Waals surface area contributed by atoms with E-state index in [9.17, 15) is 4.79 Å². The fourth-order valence-electron chi connectivity index (χ4n) is 2.04. The van der Waals surface area contributed by atoms with E-state index >= 15 is 0 Å². The second-order valence-corrected chi connectivity index (χ2v) is 4.33. The van der Waals surface area contributed by atoms with Crippen LogP contribution in [0, 0.1) is 0 Å². The molecule has 0 aromatic heterocycles. The number of nitrogens with one attached hydrogen (secondary N) is 1. The van der Waals surface area contributed by atoms with Crippen molar-refractivity contribution in [2.75, 3.05) is 13.1 Å². The molecule has 0 aliphatic carbocycles. The van der Waals surface area contributed by atoms with Gasteiger partial charge < -0.3 is 10.4 Å². The molecule has 1 aliphatic heterocycles. The maximum atomic E-state index is 10.7. The molecule has 0 spiro atoms. The van der Waals surface area contributed by atoms with E-state index in [4.69, 9.17) is 5.11 Å². The summed E-state index contributed by atoms with van der Waals surface area (Å²) in [5.74, 6) is -0.872. The third-order valence-electron chi connectivity index (χ3n) is 3.00. The Hall–Kier alpha value is -1.61. The Balaban J connectivity index is 2.11. The highest BCUT2D eigenvalue weighted by Gasteiger charge is 2.04. The Morgan fingerprint density at radius 3 is 2.65 bits per heavy atom. The highest BCUT2D eigenvalue weighted by molar-refractivity contribution is 5.87. The Bertz CT molecular complexity index is 410. The van der Waals surface area contributed by atoms with Crippen molar-refractivity contribution in [1.82, 2.24) is 5.32 Å². The molecule has 2 N–H and O–H groups in total. The largest absolute Gasteiger partial charge is 0.478 e. The van der Waals surface area contributed by atoms with Crippen LogP contribution in [0.25, 0.3) is 6.08 Å². The molecule has 17 heavy (non-hydrogen) atoms. The average molecular weight is 231 g/mol. The molecular weight excluding hydrogens is 214 g/mol. The summed E-state index contributed by atoms with van der Waals surface area (Å²) in [6.45, 7) is 2.13. The van der Waals surface area contributed by atoms with Crippen molar-refractivity contribution in [3.05, 3.63) is 41.0 Å². The van der Waals surface area contributed by atoms with Crippen LogP contribution >= 0.6 is 0 Å². The second kappa shape index (κ2) is 5.64. The molecule has 3 heteroatoms. The molecular formula is C14H17NO2. The third-order valence-corrected chi connectivity index (χ3v) is 3.00. The summed E-state index contributed by atoms with van der Waals surface area (Å²) in [4.78, 5) is 10.7. The summed E-state index contributed by atoms with van der Waals surface area (Å²) in [7, 11) is 0. The molecule has 0 atom stereocenters. The summed E-state index contributed by atoms with van der Waals surface area (Å²) in [5.41, 5.74) is 2.87. The van der Waals surface area contributed by atoms with Gasteiger partial charge in [-0.1, -0.05) is 23.8 Å².